The fourth-order valence-corrected chi connectivity index (χ4v) is 3.74. The third-order valence-corrected chi connectivity index (χ3v) is 5.38. The highest BCUT2D eigenvalue weighted by atomic mass is 35.5. The van der Waals surface area contributed by atoms with E-state index in [-0.39, 0.29) is 34.2 Å². The minimum atomic E-state index is -1.19. The summed E-state index contributed by atoms with van der Waals surface area (Å²) in [7, 11) is 0. The fraction of sp³-hybridized carbons (Fsp3) is 0.125. The first-order valence-electron chi connectivity index (χ1n) is 10.3. The van der Waals surface area contributed by atoms with Gasteiger partial charge in [0.1, 0.15) is 23.9 Å². The number of carboxylic acid groups (broad SMARTS) is 1. The Morgan fingerprint density at radius 3 is 2.57 bits per heavy atom. The molecule has 0 saturated carbocycles. The second-order valence-electron chi connectivity index (χ2n) is 7.52. The van der Waals surface area contributed by atoms with Gasteiger partial charge in [-0.15, -0.1) is 0 Å². The molecular formula is C24H19ClF2N4O4. The molecule has 0 saturated heterocycles. The molecule has 0 spiro atoms. The summed E-state index contributed by atoms with van der Waals surface area (Å²) in [4.78, 5) is 28.4. The van der Waals surface area contributed by atoms with Crippen LogP contribution in [0.4, 0.5) is 19.3 Å². The van der Waals surface area contributed by atoms with Crippen LogP contribution < -0.4 is 15.4 Å². The zero-order valence-electron chi connectivity index (χ0n) is 18.3. The van der Waals surface area contributed by atoms with E-state index in [0.29, 0.717) is 16.9 Å². The van der Waals surface area contributed by atoms with Crippen LogP contribution in [0.15, 0.2) is 54.7 Å². The molecule has 0 aliphatic rings. The van der Waals surface area contributed by atoms with Crippen LogP contribution in [0, 0.1) is 18.6 Å². The van der Waals surface area contributed by atoms with Crippen molar-refractivity contribution in [1.82, 2.24) is 14.7 Å². The van der Waals surface area contributed by atoms with Crippen molar-refractivity contribution in [2.45, 2.75) is 20.1 Å². The average Bonchev–Trinajstić information content (AvgIpc) is 3.13. The van der Waals surface area contributed by atoms with Gasteiger partial charge in [-0.3, -0.25) is 9.20 Å². The Morgan fingerprint density at radius 2 is 1.86 bits per heavy atom. The Bertz CT molecular complexity index is 1420. The molecule has 0 fully saturated rings. The smallest absolute Gasteiger partial charge is 0.404 e. The number of ether oxygens (including phenoxy) is 1. The number of halogens is 3. The summed E-state index contributed by atoms with van der Waals surface area (Å²) in [6.45, 7) is 1.20. The minimum absolute atomic E-state index is 0.00561. The first kappa shape index (κ1) is 24.0. The topological polar surface area (TPSA) is 105 Å². The number of carbonyl (C=O) groups excluding carboxylic acids is 1. The Morgan fingerprint density at radius 1 is 1.14 bits per heavy atom. The molecule has 4 aromatic rings. The zero-order chi connectivity index (χ0) is 25.1. The Balaban J connectivity index is 1.65. The van der Waals surface area contributed by atoms with Crippen LogP contribution in [0.5, 0.6) is 5.75 Å². The number of anilines is 1. The molecule has 0 radical (unpaired) electrons. The maximum atomic E-state index is 14.0. The summed E-state index contributed by atoms with van der Waals surface area (Å²) in [5.41, 5.74) is 1.46. The lowest BCUT2D eigenvalue weighted by Crippen LogP contribution is -2.22. The largest absolute Gasteiger partial charge is 0.485 e. The number of carbonyl (C=O) groups is 2. The number of fused-ring (bicyclic) bond motifs is 1. The second-order valence-corrected chi connectivity index (χ2v) is 7.96. The minimum Gasteiger partial charge on any atom is -0.485 e. The van der Waals surface area contributed by atoms with Gasteiger partial charge in [0.2, 0.25) is 0 Å². The van der Waals surface area contributed by atoms with Crippen molar-refractivity contribution in [3.8, 4) is 5.75 Å². The number of hydrogen-bond acceptors (Lipinski definition) is 4. The third kappa shape index (κ3) is 5.17. The van der Waals surface area contributed by atoms with E-state index in [2.05, 4.69) is 15.6 Å². The van der Waals surface area contributed by atoms with Crippen molar-refractivity contribution in [3.63, 3.8) is 0 Å². The number of imidazole rings is 1. The number of hydrogen-bond donors (Lipinski definition) is 3. The number of nitrogens with zero attached hydrogens (tertiary/aromatic N) is 2. The molecule has 0 aliphatic heterocycles. The second kappa shape index (κ2) is 9.98. The van der Waals surface area contributed by atoms with Gasteiger partial charge in [-0.1, -0.05) is 35.9 Å². The maximum Gasteiger partial charge on any atom is 0.404 e. The molecule has 0 bridgehead atoms. The summed E-state index contributed by atoms with van der Waals surface area (Å²) in [6.07, 6.45) is 0.279. The van der Waals surface area contributed by atoms with Crippen LogP contribution in [0.1, 0.15) is 27.3 Å². The molecule has 2 amide bonds. The van der Waals surface area contributed by atoms with E-state index in [1.807, 2.05) is 0 Å². The number of nitrogens with one attached hydrogen (secondary N) is 2. The number of amides is 2. The van der Waals surface area contributed by atoms with Crippen molar-refractivity contribution in [1.29, 1.82) is 0 Å². The van der Waals surface area contributed by atoms with Gasteiger partial charge < -0.3 is 20.5 Å². The molecular weight excluding hydrogens is 482 g/mol. The molecule has 2 aromatic carbocycles. The van der Waals surface area contributed by atoms with Crippen LogP contribution >= 0.6 is 11.6 Å². The number of rotatable bonds is 7. The van der Waals surface area contributed by atoms with E-state index in [1.54, 1.807) is 31.2 Å². The lowest BCUT2D eigenvalue weighted by molar-refractivity contribution is 0.102. The van der Waals surface area contributed by atoms with Crippen molar-refractivity contribution in [3.05, 3.63) is 93.9 Å². The number of para-hydroxylation sites is 1. The Hall–Kier alpha value is -4.18. The predicted octanol–water partition coefficient (Wildman–Crippen LogP) is 5.17. The van der Waals surface area contributed by atoms with Crippen molar-refractivity contribution >= 4 is 34.9 Å². The fourth-order valence-electron chi connectivity index (χ4n) is 3.54. The third-order valence-electron chi connectivity index (χ3n) is 5.17. The highest BCUT2D eigenvalue weighted by Crippen LogP contribution is 2.28. The quantitative estimate of drug-likeness (QED) is 0.324. The highest BCUT2D eigenvalue weighted by molar-refractivity contribution is 6.30. The lowest BCUT2D eigenvalue weighted by atomic mass is 10.1. The van der Waals surface area contributed by atoms with Gasteiger partial charge in [-0.2, -0.15) is 0 Å². The van der Waals surface area contributed by atoms with Gasteiger partial charge in [0.25, 0.3) is 5.91 Å². The zero-order valence-corrected chi connectivity index (χ0v) is 19.1. The van der Waals surface area contributed by atoms with Crippen LogP contribution in [0.25, 0.3) is 5.65 Å². The van der Waals surface area contributed by atoms with E-state index >= 15 is 0 Å². The monoisotopic (exact) mass is 500 g/mol. The Kier molecular flexibility index (Phi) is 6.83. The molecule has 11 heteroatoms. The average molecular weight is 501 g/mol. The van der Waals surface area contributed by atoms with Crippen LogP contribution in [-0.4, -0.2) is 26.5 Å². The number of pyridine rings is 1. The molecule has 8 nitrogen and oxygen atoms in total. The molecule has 0 atom stereocenters. The van der Waals surface area contributed by atoms with E-state index in [1.165, 1.54) is 22.7 Å². The van der Waals surface area contributed by atoms with Crippen LogP contribution in [0.2, 0.25) is 5.02 Å². The maximum absolute atomic E-state index is 14.0. The van der Waals surface area contributed by atoms with Crippen LogP contribution in [-0.2, 0) is 13.2 Å². The van der Waals surface area contributed by atoms with Crippen molar-refractivity contribution < 1.29 is 28.2 Å². The first-order valence-corrected chi connectivity index (χ1v) is 10.7. The molecule has 0 unspecified atom stereocenters. The van der Waals surface area contributed by atoms with Gasteiger partial charge in [0.15, 0.2) is 11.4 Å². The van der Waals surface area contributed by atoms with E-state index in [9.17, 15) is 18.4 Å². The van der Waals surface area contributed by atoms with Crippen molar-refractivity contribution in [2.75, 3.05) is 5.32 Å². The van der Waals surface area contributed by atoms with Gasteiger partial charge in [0, 0.05) is 24.5 Å². The van der Waals surface area contributed by atoms with E-state index in [4.69, 9.17) is 21.4 Å². The number of aromatic nitrogens is 2. The highest BCUT2D eigenvalue weighted by Gasteiger charge is 2.21. The summed E-state index contributed by atoms with van der Waals surface area (Å²) in [6, 6.07) is 11.7. The predicted molar refractivity (Wildman–Crippen MR) is 125 cm³/mol. The number of benzene rings is 2. The van der Waals surface area contributed by atoms with Gasteiger partial charge in [0.05, 0.1) is 16.3 Å². The van der Waals surface area contributed by atoms with Crippen LogP contribution in [0.3, 0.4) is 0 Å². The number of aryl methyl sites for hydroxylation is 1. The van der Waals surface area contributed by atoms with Gasteiger partial charge in [-0.25, -0.2) is 18.6 Å². The molecule has 0 aliphatic carbocycles. The summed E-state index contributed by atoms with van der Waals surface area (Å²) in [5.74, 6) is -1.89. The normalized spacial score (nSPS) is 10.9. The summed E-state index contributed by atoms with van der Waals surface area (Å²) >= 11 is 6.24. The Labute approximate surface area is 203 Å². The SMILES string of the molecule is Cc1nc2c(OCc3c(F)cccc3F)cc(Cl)cn2c1C(=O)Nc1ccccc1CNC(=O)O. The first-order chi connectivity index (χ1) is 16.7. The molecule has 35 heavy (non-hydrogen) atoms. The van der Waals surface area contributed by atoms with Crippen molar-refractivity contribution in [2.24, 2.45) is 0 Å². The molecule has 4 rings (SSSR count). The standard InChI is InChI=1S/C24H19ClF2N4O4/c1-13-21(23(32)30-19-8-3-2-5-14(19)10-28-24(33)34)31-11-15(25)9-20(22(31)29-13)35-12-16-17(26)6-4-7-18(16)27/h2-9,11,28H,10,12H2,1H3,(H,30,32)(H,33,34). The molecule has 3 N–H and O–H groups in total. The summed E-state index contributed by atoms with van der Waals surface area (Å²) in [5, 5.41) is 14.1. The lowest BCUT2D eigenvalue weighted by Gasteiger charge is -2.12. The molecule has 180 valence electrons. The van der Waals surface area contributed by atoms with Gasteiger partial charge in [-0.05, 0) is 30.7 Å². The summed E-state index contributed by atoms with van der Waals surface area (Å²) < 4.78 is 35.1. The molecule has 2 aromatic heterocycles. The van der Waals surface area contributed by atoms with E-state index in [0.717, 1.165) is 12.1 Å². The molecule has 2 heterocycles. The van der Waals surface area contributed by atoms with E-state index < -0.39 is 30.2 Å². The van der Waals surface area contributed by atoms with Gasteiger partial charge >= 0.3 is 6.09 Å².